The summed E-state index contributed by atoms with van der Waals surface area (Å²) in [5, 5.41) is 2.78. The van der Waals surface area contributed by atoms with Crippen LogP contribution in [0, 0.1) is 6.92 Å². The number of carbonyl (C=O) groups excluding carboxylic acids is 2. The topological polar surface area (TPSA) is 95.2 Å². The highest BCUT2D eigenvalue weighted by Gasteiger charge is 2.31. The van der Waals surface area contributed by atoms with Crippen LogP contribution in [-0.2, 0) is 4.79 Å². The molecular formula is C19H19N5O2S2. The van der Waals surface area contributed by atoms with E-state index in [1.165, 1.54) is 16.2 Å². The lowest BCUT2D eigenvalue weighted by molar-refractivity contribution is -0.123. The Balaban J connectivity index is 1.34. The van der Waals surface area contributed by atoms with Crippen molar-refractivity contribution in [2.45, 2.75) is 25.4 Å². The van der Waals surface area contributed by atoms with E-state index >= 15 is 0 Å². The number of thiophene rings is 1. The molecule has 2 unspecified atom stereocenters. The Morgan fingerprint density at radius 3 is 2.68 bits per heavy atom. The van der Waals surface area contributed by atoms with Gasteiger partial charge in [-0.15, -0.1) is 22.7 Å². The molecule has 9 heteroatoms. The minimum absolute atomic E-state index is 0.0867. The van der Waals surface area contributed by atoms with Crippen molar-refractivity contribution in [3.63, 3.8) is 0 Å². The summed E-state index contributed by atoms with van der Waals surface area (Å²) in [5.41, 5.74) is 12.7. The maximum Gasteiger partial charge on any atom is 0.281 e. The van der Waals surface area contributed by atoms with Crippen LogP contribution in [0.3, 0.4) is 0 Å². The van der Waals surface area contributed by atoms with Crippen molar-refractivity contribution in [3.8, 4) is 10.6 Å². The number of rotatable bonds is 4. The number of hydrazine groups is 2. The molecule has 2 atom stereocenters. The molecule has 1 fully saturated rings. The Morgan fingerprint density at radius 1 is 1.11 bits per heavy atom. The number of benzene rings is 1. The molecule has 1 aliphatic heterocycles. The third kappa shape index (κ3) is 3.97. The average Bonchev–Trinajstić information content (AvgIpc) is 3.46. The summed E-state index contributed by atoms with van der Waals surface area (Å²) in [6, 6.07) is 13.4. The fraction of sp³-hybridized carbons (Fsp3) is 0.211. The molecule has 0 bridgehead atoms. The van der Waals surface area contributed by atoms with Gasteiger partial charge in [-0.2, -0.15) is 0 Å². The lowest BCUT2D eigenvalue weighted by Crippen LogP contribution is -2.50. The molecule has 3 aromatic rings. The highest BCUT2D eigenvalue weighted by atomic mass is 32.1. The lowest BCUT2D eigenvalue weighted by atomic mass is 10.1. The van der Waals surface area contributed by atoms with Crippen LogP contribution in [0.25, 0.3) is 10.6 Å². The van der Waals surface area contributed by atoms with Crippen molar-refractivity contribution in [2.24, 2.45) is 0 Å². The van der Waals surface area contributed by atoms with Crippen LogP contribution in [0.5, 0.6) is 0 Å². The molecule has 1 aromatic carbocycles. The Morgan fingerprint density at radius 2 is 1.93 bits per heavy atom. The molecule has 1 saturated heterocycles. The molecular weight excluding hydrogens is 394 g/mol. The lowest BCUT2D eigenvalue weighted by Gasteiger charge is -2.11. The second-order valence-electron chi connectivity index (χ2n) is 6.39. The molecule has 28 heavy (non-hydrogen) atoms. The number of nitrogens with one attached hydrogen (secondary N) is 4. The molecule has 7 nitrogen and oxygen atoms in total. The third-order valence-corrected chi connectivity index (χ3v) is 6.62. The molecule has 0 aliphatic carbocycles. The van der Waals surface area contributed by atoms with Crippen LogP contribution >= 0.6 is 22.7 Å². The first-order valence-corrected chi connectivity index (χ1v) is 10.5. The number of hydrogen-bond acceptors (Lipinski definition) is 7. The van der Waals surface area contributed by atoms with E-state index in [0.29, 0.717) is 17.0 Å². The quantitative estimate of drug-likeness (QED) is 0.493. The van der Waals surface area contributed by atoms with E-state index < -0.39 is 6.04 Å². The number of aryl methyl sites for hydroxylation is 1. The van der Waals surface area contributed by atoms with Crippen molar-refractivity contribution < 1.29 is 9.59 Å². The van der Waals surface area contributed by atoms with Gasteiger partial charge in [-0.05, 0) is 24.8 Å². The number of carbonyl (C=O) groups is 2. The van der Waals surface area contributed by atoms with E-state index in [4.69, 9.17) is 0 Å². The zero-order valence-corrected chi connectivity index (χ0v) is 16.7. The van der Waals surface area contributed by atoms with Crippen molar-refractivity contribution in [2.75, 3.05) is 0 Å². The van der Waals surface area contributed by atoms with Gasteiger partial charge in [-0.3, -0.25) is 20.4 Å². The van der Waals surface area contributed by atoms with Crippen LogP contribution in [-0.4, -0.2) is 22.8 Å². The second kappa shape index (κ2) is 8.19. The monoisotopic (exact) mass is 413 g/mol. The van der Waals surface area contributed by atoms with Gasteiger partial charge in [0.05, 0.1) is 11.7 Å². The first-order valence-electron chi connectivity index (χ1n) is 8.79. The van der Waals surface area contributed by atoms with Gasteiger partial charge in [0.25, 0.3) is 11.8 Å². The smallest absolute Gasteiger partial charge is 0.271 e. The van der Waals surface area contributed by atoms with Gasteiger partial charge in [-0.25, -0.2) is 15.8 Å². The molecule has 2 aromatic heterocycles. The number of amides is 2. The summed E-state index contributed by atoms with van der Waals surface area (Å²) >= 11 is 2.94. The van der Waals surface area contributed by atoms with Gasteiger partial charge >= 0.3 is 0 Å². The minimum atomic E-state index is -0.421. The Bertz CT molecular complexity index is 972. The van der Waals surface area contributed by atoms with E-state index in [-0.39, 0.29) is 17.9 Å². The Kier molecular flexibility index (Phi) is 5.49. The average molecular weight is 414 g/mol. The predicted octanol–water partition coefficient (Wildman–Crippen LogP) is 2.55. The summed E-state index contributed by atoms with van der Waals surface area (Å²) in [5.74, 6) is -0.656. The standard InChI is InChI=1S/C19H19N5O2S2/c1-11-16(28-19(20-11)12-6-3-2-4-7-12)18(26)24-23-17(25)14-10-13(21-22-14)15-8-5-9-27-15/h2-9,13-14,21-22H,10H2,1H3,(H,23,25)(H,24,26). The largest absolute Gasteiger partial charge is 0.281 e. The molecule has 0 radical (unpaired) electrons. The molecule has 144 valence electrons. The van der Waals surface area contributed by atoms with Gasteiger partial charge < -0.3 is 0 Å². The van der Waals surface area contributed by atoms with Crippen LogP contribution in [0.4, 0.5) is 0 Å². The third-order valence-electron chi connectivity index (χ3n) is 4.43. The van der Waals surface area contributed by atoms with E-state index in [1.807, 2.05) is 47.8 Å². The first-order chi connectivity index (χ1) is 13.6. The van der Waals surface area contributed by atoms with E-state index in [0.717, 1.165) is 10.6 Å². The molecule has 0 spiro atoms. The maximum absolute atomic E-state index is 12.5. The highest BCUT2D eigenvalue weighted by Crippen LogP contribution is 2.28. The second-order valence-corrected chi connectivity index (χ2v) is 8.37. The minimum Gasteiger partial charge on any atom is -0.271 e. The molecule has 4 rings (SSSR count). The predicted molar refractivity (Wildman–Crippen MR) is 110 cm³/mol. The van der Waals surface area contributed by atoms with E-state index in [1.54, 1.807) is 18.3 Å². The van der Waals surface area contributed by atoms with Crippen LogP contribution in [0.2, 0.25) is 0 Å². The van der Waals surface area contributed by atoms with Gasteiger partial charge in [0.15, 0.2) is 0 Å². The molecule has 4 N–H and O–H groups in total. The van der Waals surface area contributed by atoms with Gasteiger partial charge in [0, 0.05) is 10.4 Å². The molecule has 2 amide bonds. The summed E-state index contributed by atoms with van der Waals surface area (Å²) in [4.78, 5) is 31.0. The summed E-state index contributed by atoms with van der Waals surface area (Å²) in [7, 11) is 0. The zero-order valence-electron chi connectivity index (χ0n) is 15.1. The molecule has 3 heterocycles. The summed E-state index contributed by atoms with van der Waals surface area (Å²) in [6.07, 6.45) is 0.611. The number of thiazole rings is 1. The number of aromatic nitrogens is 1. The van der Waals surface area contributed by atoms with Crippen molar-refractivity contribution in [3.05, 3.63) is 63.3 Å². The van der Waals surface area contributed by atoms with E-state index in [9.17, 15) is 9.59 Å². The Labute approximate surface area is 170 Å². The van der Waals surface area contributed by atoms with Crippen molar-refractivity contribution in [1.82, 2.24) is 26.7 Å². The number of hydrogen-bond donors (Lipinski definition) is 4. The van der Waals surface area contributed by atoms with Crippen LogP contribution < -0.4 is 21.7 Å². The van der Waals surface area contributed by atoms with Crippen molar-refractivity contribution in [1.29, 1.82) is 0 Å². The molecule has 0 saturated carbocycles. The summed E-state index contributed by atoms with van der Waals surface area (Å²) in [6.45, 7) is 1.79. The highest BCUT2D eigenvalue weighted by molar-refractivity contribution is 7.17. The maximum atomic E-state index is 12.5. The van der Waals surface area contributed by atoms with E-state index in [2.05, 4.69) is 26.7 Å². The van der Waals surface area contributed by atoms with Gasteiger partial charge in [0.2, 0.25) is 0 Å². The fourth-order valence-electron chi connectivity index (χ4n) is 2.98. The normalized spacial score (nSPS) is 18.8. The Hall–Kier alpha value is -2.59. The van der Waals surface area contributed by atoms with Crippen molar-refractivity contribution >= 4 is 34.5 Å². The zero-order chi connectivity index (χ0) is 19.5. The fourth-order valence-corrected chi connectivity index (χ4v) is 4.74. The first kappa shape index (κ1) is 18.8. The van der Waals surface area contributed by atoms with Crippen LogP contribution in [0.15, 0.2) is 47.8 Å². The SMILES string of the molecule is Cc1nc(-c2ccccc2)sc1C(=O)NNC(=O)C1CC(c2cccs2)NN1. The molecule has 1 aliphatic rings. The number of nitrogens with zero attached hydrogens (tertiary/aromatic N) is 1. The van der Waals surface area contributed by atoms with Crippen LogP contribution in [0.1, 0.15) is 32.7 Å². The van der Waals surface area contributed by atoms with Gasteiger partial charge in [-0.1, -0.05) is 36.4 Å². The summed E-state index contributed by atoms with van der Waals surface area (Å²) < 4.78 is 0. The van der Waals surface area contributed by atoms with Gasteiger partial charge in [0.1, 0.15) is 15.9 Å².